The molecule has 1 aliphatic heterocycles. The molecule has 1 saturated heterocycles. The highest BCUT2D eigenvalue weighted by Crippen LogP contribution is 2.30. The predicted molar refractivity (Wildman–Crippen MR) is 83.0 cm³/mol. The topological polar surface area (TPSA) is 62.7 Å². The monoisotopic (exact) mass is 306 g/mol. The summed E-state index contributed by atoms with van der Waals surface area (Å²) in [6.45, 7) is 3.24. The largest absolute Gasteiger partial charge is 0.462 e. The Hall–Kier alpha value is -1.66. The van der Waals surface area contributed by atoms with Crippen molar-refractivity contribution >= 4 is 33.3 Å². The number of pyridine rings is 1. The van der Waals surface area contributed by atoms with Crippen molar-refractivity contribution < 1.29 is 14.6 Å². The molecule has 2 aromatic rings. The van der Waals surface area contributed by atoms with Crippen LogP contribution in [0, 0.1) is 0 Å². The van der Waals surface area contributed by atoms with Crippen LogP contribution in [0.1, 0.15) is 29.4 Å². The number of esters is 1. The Morgan fingerprint density at radius 2 is 2.43 bits per heavy atom. The summed E-state index contributed by atoms with van der Waals surface area (Å²) in [5.74, 6) is 0.577. The van der Waals surface area contributed by atoms with E-state index in [0.29, 0.717) is 11.5 Å². The van der Waals surface area contributed by atoms with Gasteiger partial charge < -0.3 is 14.7 Å². The van der Waals surface area contributed by atoms with E-state index in [0.717, 1.165) is 35.4 Å². The zero-order chi connectivity index (χ0) is 14.8. The van der Waals surface area contributed by atoms with E-state index in [4.69, 9.17) is 4.74 Å². The van der Waals surface area contributed by atoms with Crippen LogP contribution in [0.25, 0.3) is 10.2 Å². The van der Waals surface area contributed by atoms with Crippen molar-refractivity contribution in [3.8, 4) is 0 Å². The summed E-state index contributed by atoms with van der Waals surface area (Å²) in [7, 11) is 0. The second-order valence-corrected chi connectivity index (χ2v) is 6.10. The molecule has 1 atom stereocenters. The molecule has 6 heteroatoms. The highest BCUT2D eigenvalue weighted by molar-refractivity contribution is 7.20. The number of hydrogen-bond acceptors (Lipinski definition) is 6. The van der Waals surface area contributed by atoms with Gasteiger partial charge in [-0.3, -0.25) is 0 Å². The minimum absolute atomic E-state index is 0.151. The van der Waals surface area contributed by atoms with Crippen LogP contribution < -0.4 is 4.90 Å². The Kier molecular flexibility index (Phi) is 4.07. The average molecular weight is 306 g/mol. The Labute approximate surface area is 127 Å². The molecule has 0 aromatic carbocycles. The van der Waals surface area contributed by atoms with Gasteiger partial charge in [0.2, 0.25) is 0 Å². The molecule has 1 N–H and O–H groups in total. The first kappa shape index (κ1) is 14.3. The number of carbonyl (C=O) groups excluding carboxylic acids is 1. The lowest BCUT2D eigenvalue weighted by Gasteiger charge is -2.23. The van der Waals surface area contributed by atoms with E-state index in [1.165, 1.54) is 11.3 Å². The lowest BCUT2D eigenvalue weighted by molar-refractivity contribution is 0.0532. The first-order valence-electron chi connectivity index (χ1n) is 7.18. The van der Waals surface area contributed by atoms with E-state index in [1.807, 2.05) is 18.2 Å². The molecule has 0 spiro atoms. The molecule has 1 aliphatic rings. The Balaban J connectivity index is 1.91. The number of hydrogen-bond donors (Lipinski definition) is 1. The number of anilines is 1. The maximum absolute atomic E-state index is 11.8. The van der Waals surface area contributed by atoms with Crippen LogP contribution in [0.5, 0.6) is 0 Å². The quantitative estimate of drug-likeness (QED) is 0.879. The summed E-state index contributed by atoms with van der Waals surface area (Å²) in [5, 5.41) is 10.4. The fourth-order valence-electron chi connectivity index (χ4n) is 2.70. The third-order valence-corrected chi connectivity index (χ3v) is 4.75. The van der Waals surface area contributed by atoms with Gasteiger partial charge in [-0.2, -0.15) is 0 Å². The van der Waals surface area contributed by atoms with E-state index >= 15 is 0 Å². The highest BCUT2D eigenvalue weighted by Gasteiger charge is 2.25. The fraction of sp³-hybridized carbons (Fsp3) is 0.467. The summed E-state index contributed by atoms with van der Waals surface area (Å²) in [5.41, 5.74) is 0. The first-order chi connectivity index (χ1) is 10.2. The van der Waals surface area contributed by atoms with Crippen molar-refractivity contribution in [1.29, 1.82) is 0 Å². The molecule has 2 aromatic heterocycles. The van der Waals surface area contributed by atoms with E-state index < -0.39 is 0 Å². The maximum atomic E-state index is 11.8. The number of aliphatic hydroxyl groups excluding tert-OH is 1. The highest BCUT2D eigenvalue weighted by atomic mass is 32.1. The number of thiophene rings is 1. The number of rotatable bonds is 4. The van der Waals surface area contributed by atoms with Gasteiger partial charge in [0.15, 0.2) is 0 Å². The molecule has 0 bridgehead atoms. The predicted octanol–water partition coefficient (Wildman–Crippen LogP) is 2.43. The Morgan fingerprint density at radius 3 is 3.19 bits per heavy atom. The molecule has 3 rings (SSSR count). The van der Waals surface area contributed by atoms with Gasteiger partial charge in [-0.1, -0.05) is 0 Å². The van der Waals surface area contributed by atoms with Gasteiger partial charge in [-0.15, -0.1) is 11.3 Å². The van der Waals surface area contributed by atoms with Crippen molar-refractivity contribution in [2.45, 2.75) is 25.8 Å². The smallest absolute Gasteiger partial charge is 0.348 e. The lowest BCUT2D eigenvalue weighted by Crippen LogP contribution is -2.32. The van der Waals surface area contributed by atoms with Gasteiger partial charge in [0.1, 0.15) is 15.5 Å². The van der Waals surface area contributed by atoms with E-state index in [-0.39, 0.29) is 18.6 Å². The summed E-state index contributed by atoms with van der Waals surface area (Å²) in [4.78, 5) is 20.0. The number of carbonyl (C=O) groups is 1. The van der Waals surface area contributed by atoms with Gasteiger partial charge in [0.05, 0.1) is 19.3 Å². The van der Waals surface area contributed by atoms with Crippen molar-refractivity contribution in [1.82, 2.24) is 4.98 Å². The minimum Gasteiger partial charge on any atom is -0.462 e. The third kappa shape index (κ3) is 2.73. The zero-order valence-corrected chi connectivity index (χ0v) is 12.7. The summed E-state index contributed by atoms with van der Waals surface area (Å²) in [6.07, 6.45) is 2.07. The molecule has 0 aliphatic carbocycles. The van der Waals surface area contributed by atoms with Crippen LogP contribution in [0.15, 0.2) is 18.2 Å². The fourth-order valence-corrected chi connectivity index (χ4v) is 3.62. The maximum Gasteiger partial charge on any atom is 0.348 e. The molecule has 3 heterocycles. The van der Waals surface area contributed by atoms with Crippen LogP contribution in [0.2, 0.25) is 0 Å². The van der Waals surface area contributed by atoms with Gasteiger partial charge >= 0.3 is 5.97 Å². The van der Waals surface area contributed by atoms with Gasteiger partial charge in [-0.05, 0) is 38.0 Å². The van der Waals surface area contributed by atoms with Crippen molar-refractivity contribution in [2.75, 3.05) is 24.7 Å². The third-order valence-electron chi connectivity index (χ3n) is 3.73. The van der Waals surface area contributed by atoms with Crippen LogP contribution >= 0.6 is 11.3 Å². The molecule has 0 unspecified atom stereocenters. The van der Waals surface area contributed by atoms with Crippen molar-refractivity contribution in [2.24, 2.45) is 0 Å². The van der Waals surface area contributed by atoms with Gasteiger partial charge in [0.25, 0.3) is 0 Å². The van der Waals surface area contributed by atoms with E-state index in [1.54, 1.807) is 6.92 Å². The SMILES string of the molecule is CCOC(=O)c1cc2ccc(N3CCC[C@@H]3CO)nc2s1. The molecule has 0 amide bonds. The Bertz CT molecular complexity index is 655. The minimum atomic E-state index is -0.295. The number of aliphatic hydroxyl groups is 1. The average Bonchev–Trinajstić information content (AvgIpc) is 3.12. The number of nitrogens with zero attached hydrogens (tertiary/aromatic N) is 2. The molecule has 5 nitrogen and oxygen atoms in total. The van der Waals surface area contributed by atoms with Crippen LogP contribution in [-0.2, 0) is 4.74 Å². The second kappa shape index (κ2) is 5.99. The first-order valence-corrected chi connectivity index (χ1v) is 7.99. The number of fused-ring (bicyclic) bond motifs is 1. The van der Waals surface area contributed by atoms with Crippen molar-refractivity contribution in [3.63, 3.8) is 0 Å². The normalized spacial score (nSPS) is 18.4. The molecule has 21 heavy (non-hydrogen) atoms. The van der Waals surface area contributed by atoms with Crippen LogP contribution in [0.3, 0.4) is 0 Å². The Morgan fingerprint density at radius 1 is 1.57 bits per heavy atom. The molecular weight excluding hydrogens is 288 g/mol. The van der Waals surface area contributed by atoms with Gasteiger partial charge in [-0.25, -0.2) is 9.78 Å². The number of aromatic nitrogens is 1. The van der Waals surface area contributed by atoms with Crippen LogP contribution in [0.4, 0.5) is 5.82 Å². The standard InChI is InChI=1S/C15H18N2O3S/c1-2-20-15(19)12-8-10-5-6-13(16-14(10)21-12)17-7-3-4-11(17)9-18/h5-6,8,11,18H,2-4,7,9H2,1H3/t11-/m1/s1. The molecule has 1 fully saturated rings. The van der Waals surface area contributed by atoms with E-state index in [2.05, 4.69) is 9.88 Å². The summed E-state index contributed by atoms with van der Waals surface area (Å²) in [6, 6.07) is 5.91. The van der Waals surface area contributed by atoms with Crippen LogP contribution in [-0.4, -0.2) is 41.9 Å². The molecule has 112 valence electrons. The second-order valence-electron chi connectivity index (χ2n) is 5.07. The lowest BCUT2D eigenvalue weighted by atomic mass is 10.2. The summed E-state index contributed by atoms with van der Waals surface area (Å²) >= 11 is 1.35. The molecule has 0 radical (unpaired) electrons. The molecule has 0 saturated carbocycles. The molecular formula is C15H18N2O3S. The van der Waals surface area contributed by atoms with Gasteiger partial charge in [0, 0.05) is 11.9 Å². The number of ether oxygens (including phenoxy) is 1. The van der Waals surface area contributed by atoms with Crippen molar-refractivity contribution in [3.05, 3.63) is 23.1 Å². The van der Waals surface area contributed by atoms with E-state index in [9.17, 15) is 9.90 Å². The zero-order valence-electron chi connectivity index (χ0n) is 11.9. The summed E-state index contributed by atoms with van der Waals surface area (Å²) < 4.78 is 5.02.